The van der Waals surface area contributed by atoms with Gasteiger partial charge in [-0.2, -0.15) is 5.26 Å². The van der Waals surface area contributed by atoms with Gasteiger partial charge in [0.05, 0.1) is 17.1 Å². The number of hydrogen-bond donors (Lipinski definition) is 2. The Kier molecular flexibility index (Phi) is 5.57. The van der Waals surface area contributed by atoms with E-state index in [1.807, 2.05) is 6.07 Å². The van der Waals surface area contributed by atoms with Gasteiger partial charge in [-0.15, -0.1) is 0 Å². The number of nitrogens with zero attached hydrogens (tertiary/aromatic N) is 2. The molecular formula is C18H21ClN4O2. The summed E-state index contributed by atoms with van der Waals surface area (Å²) in [6, 6.07) is 7.36. The molecule has 1 aliphatic heterocycles. The van der Waals surface area contributed by atoms with Gasteiger partial charge in [0, 0.05) is 30.7 Å². The predicted octanol–water partition coefficient (Wildman–Crippen LogP) is 2.28. The lowest BCUT2D eigenvalue weighted by molar-refractivity contribution is -0.129. The van der Waals surface area contributed by atoms with Gasteiger partial charge >= 0.3 is 0 Å². The van der Waals surface area contributed by atoms with Crippen LogP contribution in [-0.2, 0) is 9.59 Å². The molecule has 2 aliphatic rings. The summed E-state index contributed by atoms with van der Waals surface area (Å²) in [7, 11) is 0. The van der Waals surface area contributed by atoms with Gasteiger partial charge in [-0.3, -0.25) is 14.5 Å². The molecule has 2 N–H and O–H groups in total. The standard InChI is InChI=1S/C18H21ClN4O2/c19-14-9-13(6-5-12(14)10-20)21-17(24)7-8-23-11-18(25)22-15-3-1-2-4-16(15)23/h5-6,9,15-16H,1-4,7-8,11H2,(H,21,24)(H,22,25). The van der Waals surface area contributed by atoms with E-state index in [4.69, 9.17) is 16.9 Å². The Morgan fingerprint density at radius 2 is 2.20 bits per heavy atom. The first-order chi connectivity index (χ1) is 12.1. The molecule has 0 bridgehead atoms. The zero-order valence-corrected chi connectivity index (χ0v) is 14.7. The molecule has 6 nitrogen and oxygen atoms in total. The molecule has 1 heterocycles. The van der Waals surface area contributed by atoms with Crippen molar-refractivity contribution in [2.45, 2.75) is 44.2 Å². The van der Waals surface area contributed by atoms with Crippen molar-refractivity contribution in [3.05, 3.63) is 28.8 Å². The number of nitriles is 1. The Bertz CT molecular complexity index is 716. The van der Waals surface area contributed by atoms with Crippen LogP contribution in [-0.4, -0.2) is 41.9 Å². The quantitative estimate of drug-likeness (QED) is 0.862. The van der Waals surface area contributed by atoms with E-state index in [2.05, 4.69) is 15.5 Å². The predicted molar refractivity (Wildman–Crippen MR) is 95.2 cm³/mol. The molecule has 2 amide bonds. The lowest BCUT2D eigenvalue weighted by atomic mass is 9.87. The molecule has 132 valence electrons. The monoisotopic (exact) mass is 360 g/mol. The lowest BCUT2D eigenvalue weighted by Crippen LogP contribution is -2.61. The van der Waals surface area contributed by atoms with Crippen LogP contribution in [0.3, 0.4) is 0 Å². The van der Waals surface area contributed by atoms with E-state index in [9.17, 15) is 9.59 Å². The second-order valence-electron chi connectivity index (χ2n) is 6.60. The molecule has 7 heteroatoms. The summed E-state index contributed by atoms with van der Waals surface area (Å²) in [5.74, 6) is -0.0819. The molecular weight excluding hydrogens is 340 g/mol. The van der Waals surface area contributed by atoms with Crippen molar-refractivity contribution in [1.29, 1.82) is 5.26 Å². The van der Waals surface area contributed by atoms with Crippen molar-refractivity contribution >= 4 is 29.1 Å². The van der Waals surface area contributed by atoms with Gasteiger partial charge in [-0.05, 0) is 31.0 Å². The van der Waals surface area contributed by atoms with E-state index in [1.165, 1.54) is 6.42 Å². The molecule has 1 saturated carbocycles. The zero-order chi connectivity index (χ0) is 17.8. The van der Waals surface area contributed by atoms with E-state index in [1.54, 1.807) is 18.2 Å². The first-order valence-corrected chi connectivity index (χ1v) is 8.97. The summed E-state index contributed by atoms with van der Waals surface area (Å²) in [5.41, 5.74) is 0.947. The Morgan fingerprint density at radius 1 is 1.40 bits per heavy atom. The Morgan fingerprint density at radius 3 is 2.96 bits per heavy atom. The minimum atomic E-state index is -0.126. The number of carbonyl (C=O) groups is 2. The van der Waals surface area contributed by atoms with Gasteiger partial charge in [0.1, 0.15) is 6.07 Å². The highest BCUT2D eigenvalue weighted by atomic mass is 35.5. The van der Waals surface area contributed by atoms with E-state index in [0.29, 0.717) is 41.8 Å². The van der Waals surface area contributed by atoms with E-state index >= 15 is 0 Å². The number of rotatable bonds is 4. The number of hydrogen-bond acceptors (Lipinski definition) is 4. The number of anilines is 1. The van der Waals surface area contributed by atoms with Crippen LogP contribution in [0.4, 0.5) is 5.69 Å². The summed E-state index contributed by atoms with van der Waals surface area (Å²) < 4.78 is 0. The Hall–Kier alpha value is -2.10. The fourth-order valence-corrected chi connectivity index (χ4v) is 3.89. The number of benzene rings is 1. The van der Waals surface area contributed by atoms with Crippen LogP contribution >= 0.6 is 11.6 Å². The fraction of sp³-hybridized carbons (Fsp3) is 0.500. The summed E-state index contributed by atoms with van der Waals surface area (Å²) in [6.07, 6.45) is 4.72. The molecule has 2 atom stereocenters. The van der Waals surface area contributed by atoms with Crippen molar-refractivity contribution < 1.29 is 9.59 Å². The maximum atomic E-state index is 12.2. The van der Waals surface area contributed by atoms with Crippen LogP contribution in [0.1, 0.15) is 37.7 Å². The number of fused-ring (bicyclic) bond motifs is 1. The van der Waals surface area contributed by atoms with E-state index in [-0.39, 0.29) is 17.9 Å². The third kappa shape index (κ3) is 4.30. The number of piperazine rings is 1. The topological polar surface area (TPSA) is 85.2 Å². The van der Waals surface area contributed by atoms with E-state index < -0.39 is 0 Å². The number of amides is 2. The maximum absolute atomic E-state index is 12.2. The third-order valence-electron chi connectivity index (χ3n) is 4.89. The van der Waals surface area contributed by atoms with Crippen molar-refractivity contribution in [1.82, 2.24) is 10.2 Å². The largest absolute Gasteiger partial charge is 0.351 e. The lowest BCUT2D eigenvalue weighted by Gasteiger charge is -2.43. The van der Waals surface area contributed by atoms with Crippen molar-refractivity contribution in [3.63, 3.8) is 0 Å². The minimum absolute atomic E-state index is 0.0439. The van der Waals surface area contributed by atoms with Gasteiger partial charge in [0.15, 0.2) is 0 Å². The third-order valence-corrected chi connectivity index (χ3v) is 5.20. The average molecular weight is 361 g/mol. The molecule has 25 heavy (non-hydrogen) atoms. The number of nitrogens with one attached hydrogen (secondary N) is 2. The molecule has 0 aromatic heterocycles. The molecule has 1 aromatic carbocycles. The maximum Gasteiger partial charge on any atom is 0.234 e. The highest BCUT2D eigenvalue weighted by Gasteiger charge is 2.36. The van der Waals surface area contributed by atoms with Gasteiger partial charge in [-0.25, -0.2) is 0 Å². The second-order valence-corrected chi connectivity index (χ2v) is 7.01. The van der Waals surface area contributed by atoms with Gasteiger partial charge in [-0.1, -0.05) is 24.4 Å². The normalized spacial score (nSPS) is 23.3. The van der Waals surface area contributed by atoms with E-state index in [0.717, 1.165) is 19.3 Å². The first kappa shape index (κ1) is 17.7. The molecule has 2 fully saturated rings. The molecule has 1 aromatic rings. The molecule has 3 rings (SSSR count). The smallest absolute Gasteiger partial charge is 0.234 e. The average Bonchev–Trinajstić information content (AvgIpc) is 2.59. The molecule has 1 aliphatic carbocycles. The molecule has 0 radical (unpaired) electrons. The van der Waals surface area contributed by atoms with Crippen molar-refractivity contribution in [2.24, 2.45) is 0 Å². The van der Waals surface area contributed by atoms with Crippen molar-refractivity contribution in [2.75, 3.05) is 18.4 Å². The Balaban J connectivity index is 1.55. The summed E-state index contributed by atoms with van der Waals surface area (Å²) in [5, 5.41) is 15.1. The Labute approximate surface area is 152 Å². The zero-order valence-electron chi connectivity index (χ0n) is 13.9. The second kappa shape index (κ2) is 7.85. The van der Waals surface area contributed by atoms with Crippen LogP contribution in [0.5, 0.6) is 0 Å². The van der Waals surface area contributed by atoms with Crippen LogP contribution in [0.2, 0.25) is 5.02 Å². The molecule has 1 saturated heterocycles. The van der Waals surface area contributed by atoms with Crippen LogP contribution in [0.15, 0.2) is 18.2 Å². The highest BCUT2D eigenvalue weighted by molar-refractivity contribution is 6.32. The van der Waals surface area contributed by atoms with Gasteiger partial charge < -0.3 is 10.6 Å². The van der Waals surface area contributed by atoms with Crippen LogP contribution in [0, 0.1) is 11.3 Å². The summed E-state index contributed by atoms with van der Waals surface area (Å²) >= 11 is 5.98. The summed E-state index contributed by atoms with van der Waals surface area (Å²) in [4.78, 5) is 26.2. The number of halogens is 1. The highest BCUT2D eigenvalue weighted by Crippen LogP contribution is 2.26. The summed E-state index contributed by atoms with van der Waals surface area (Å²) in [6.45, 7) is 0.918. The first-order valence-electron chi connectivity index (χ1n) is 8.60. The van der Waals surface area contributed by atoms with Crippen LogP contribution < -0.4 is 10.6 Å². The fourth-order valence-electron chi connectivity index (χ4n) is 3.67. The molecule has 0 spiro atoms. The van der Waals surface area contributed by atoms with Gasteiger partial charge in [0.25, 0.3) is 0 Å². The number of carbonyl (C=O) groups excluding carboxylic acids is 2. The SMILES string of the molecule is N#Cc1ccc(NC(=O)CCN2CC(=O)NC3CCCCC32)cc1Cl. The molecule has 2 unspecified atom stereocenters. The van der Waals surface area contributed by atoms with Crippen molar-refractivity contribution in [3.8, 4) is 6.07 Å². The minimum Gasteiger partial charge on any atom is -0.351 e. The van der Waals surface area contributed by atoms with Crippen LogP contribution in [0.25, 0.3) is 0 Å². The van der Waals surface area contributed by atoms with Gasteiger partial charge in [0.2, 0.25) is 11.8 Å².